The maximum Gasteiger partial charge on any atom is 0.126 e. The molecule has 0 heterocycles. The normalized spacial score (nSPS) is 9.88. The SMILES string of the molecule is CNc1ccccc1-c1ccccc1OC. The first-order valence-electron chi connectivity index (χ1n) is 5.27. The molecule has 1 N–H and O–H groups in total. The summed E-state index contributed by atoms with van der Waals surface area (Å²) in [6, 6.07) is 16.2. The highest BCUT2D eigenvalue weighted by Crippen LogP contribution is 2.34. The van der Waals surface area contributed by atoms with Crippen LogP contribution in [0.5, 0.6) is 5.75 Å². The zero-order valence-electron chi connectivity index (χ0n) is 9.53. The maximum atomic E-state index is 5.37. The third-order valence-electron chi connectivity index (χ3n) is 2.59. The van der Waals surface area contributed by atoms with Crippen molar-refractivity contribution >= 4 is 5.69 Å². The number of ether oxygens (including phenoxy) is 1. The average molecular weight is 213 g/mol. The molecule has 2 rings (SSSR count). The van der Waals surface area contributed by atoms with E-state index in [1.807, 2.05) is 37.4 Å². The van der Waals surface area contributed by atoms with Crippen LogP contribution in [0.4, 0.5) is 5.69 Å². The Balaban J connectivity index is 2.58. The van der Waals surface area contributed by atoms with Gasteiger partial charge in [0.15, 0.2) is 0 Å². The molecule has 0 spiro atoms. The Morgan fingerprint density at radius 1 is 0.875 bits per heavy atom. The minimum Gasteiger partial charge on any atom is -0.496 e. The maximum absolute atomic E-state index is 5.37. The molecule has 0 aliphatic carbocycles. The van der Waals surface area contributed by atoms with Crippen LogP contribution in [0, 0.1) is 0 Å². The zero-order chi connectivity index (χ0) is 11.4. The lowest BCUT2D eigenvalue weighted by Crippen LogP contribution is -1.93. The second-order valence-corrected chi connectivity index (χ2v) is 3.50. The van der Waals surface area contributed by atoms with Crippen LogP contribution in [0.15, 0.2) is 48.5 Å². The second kappa shape index (κ2) is 4.71. The minimum absolute atomic E-state index is 0.894. The van der Waals surface area contributed by atoms with Gasteiger partial charge in [0, 0.05) is 23.9 Å². The van der Waals surface area contributed by atoms with E-state index >= 15 is 0 Å². The first kappa shape index (κ1) is 10.6. The fourth-order valence-corrected chi connectivity index (χ4v) is 1.80. The van der Waals surface area contributed by atoms with Gasteiger partial charge in [-0.15, -0.1) is 0 Å². The monoisotopic (exact) mass is 213 g/mol. The van der Waals surface area contributed by atoms with Gasteiger partial charge in [-0.1, -0.05) is 36.4 Å². The van der Waals surface area contributed by atoms with Crippen LogP contribution >= 0.6 is 0 Å². The van der Waals surface area contributed by atoms with Crippen molar-refractivity contribution in [2.24, 2.45) is 0 Å². The van der Waals surface area contributed by atoms with Crippen molar-refractivity contribution in [2.75, 3.05) is 19.5 Å². The van der Waals surface area contributed by atoms with Gasteiger partial charge in [0.2, 0.25) is 0 Å². The summed E-state index contributed by atoms with van der Waals surface area (Å²) in [5.41, 5.74) is 3.37. The first-order valence-corrected chi connectivity index (χ1v) is 5.27. The molecule has 0 radical (unpaired) electrons. The van der Waals surface area contributed by atoms with Crippen molar-refractivity contribution < 1.29 is 4.74 Å². The Kier molecular flexibility index (Phi) is 3.10. The number of nitrogens with one attached hydrogen (secondary N) is 1. The van der Waals surface area contributed by atoms with Crippen molar-refractivity contribution in [1.29, 1.82) is 0 Å². The molecule has 2 nitrogen and oxygen atoms in total. The van der Waals surface area contributed by atoms with Gasteiger partial charge in [0.25, 0.3) is 0 Å². The summed E-state index contributed by atoms with van der Waals surface area (Å²) in [6.07, 6.45) is 0. The highest BCUT2D eigenvalue weighted by Gasteiger charge is 2.07. The van der Waals surface area contributed by atoms with Gasteiger partial charge in [-0.2, -0.15) is 0 Å². The molecule has 0 aliphatic heterocycles. The molecule has 0 bridgehead atoms. The molecule has 0 saturated heterocycles. The van der Waals surface area contributed by atoms with E-state index < -0.39 is 0 Å². The molecule has 0 aliphatic rings. The predicted octanol–water partition coefficient (Wildman–Crippen LogP) is 3.40. The van der Waals surface area contributed by atoms with Gasteiger partial charge < -0.3 is 10.1 Å². The molecular weight excluding hydrogens is 198 g/mol. The fraction of sp³-hybridized carbons (Fsp3) is 0.143. The summed E-state index contributed by atoms with van der Waals surface area (Å²) in [7, 11) is 3.62. The van der Waals surface area contributed by atoms with Gasteiger partial charge in [0.1, 0.15) is 5.75 Å². The van der Waals surface area contributed by atoms with Gasteiger partial charge in [-0.05, 0) is 12.1 Å². The third kappa shape index (κ3) is 1.87. The van der Waals surface area contributed by atoms with Crippen LogP contribution in [0.1, 0.15) is 0 Å². The molecule has 82 valence electrons. The second-order valence-electron chi connectivity index (χ2n) is 3.50. The molecular formula is C14H15NO. The highest BCUT2D eigenvalue weighted by molar-refractivity contribution is 5.81. The fourth-order valence-electron chi connectivity index (χ4n) is 1.80. The molecule has 0 unspecified atom stereocenters. The van der Waals surface area contributed by atoms with Crippen LogP contribution in [-0.2, 0) is 0 Å². The summed E-state index contributed by atoms with van der Waals surface area (Å²) in [5.74, 6) is 0.894. The van der Waals surface area contributed by atoms with Crippen LogP contribution in [-0.4, -0.2) is 14.2 Å². The number of para-hydroxylation sites is 2. The number of benzene rings is 2. The van der Waals surface area contributed by atoms with Crippen molar-refractivity contribution in [2.45, 2.75) is 0 Å². The van der Waals surface area contributed by atoms with Gasteiger partial charge >= 0.3 is 0 Å². The highest BCUT2D eigenvalue weighted by atomic mass is 16.5. The van der Waals surface area contributed by atoms with E-state index in [9.17, 15) is 0 Å². The molecule has 0 fully saturated rings. The number of hydrogen-bond acceptors (Lipinski definition) is 2. The van der Waals surface area contributed by atoms with Crippen molar-refractivity contribution in [3.63, 3.8) is 0 Å². The van der Waals surface area contributed by atoms with Crippen LogP contribution < -0.4 is 10.1 Å². The van der Waals surface area contributed by atoms with Crippen LogP contribution in [0.25, 0.3) is 11.1 Å². The number of rotatable bonds is 3. The third-order valence-corrected chi connectivity index (χ3v) is 2.59. The van der Waals surface area contributed by atoms with E-state index in [0.29, 0.717) is 0 Å². The number of anilines is 1. The minimum atomic E-state index is 0.894. The molecule has 2 aromatic carbocycles. The first-order chi connectivity index (χ1) is 7.86. The molecule has 16 heavy (non-hydrogen) atoms. The standard InChI is InChI=1S/C14H15NO/c1-15-13-9-5-3-7-11(13)12-8-4-6-10-14(12)16-2/h3-10,15H,1-2H3. The number of methoxy groups -OCH3 is 1. The van der Waals surface area contributed by atoms with E-state index in [2.05, 4.69) is 23.5 Å². The Bertz CT molecular complexity index is 434. The van der Waals surface area contributed by atoms with Crippen LogP contribution in [0.3, 0.4) is 0 Å². The molecule has 0 amide bonds. The lowest BCUT2D eigenvalue weighted by atomic mass is 10.0. The quantitative estimate of drug-likeness (QED) is 0.843. The lowest BCUT2D eigenvalue weighted by Gasteiger charge is -2.12. The Morgan fingerprint density at radius 2 is 1.50 bits per heavy atom. The summed E-state index contributed by atoms with van der Waals surface area (Å²) in [4.78, 5) is 0. The van der Waals surface area contributed by atoms with E-state index in [4.69, 9.17) is 4.74 Å². The van der Waals surface area contributed by atoms with E-state index in [-0.39, 0.29) is 0 Å². The molecule has 0 atom stereocenters. The van der Waals surface area contributed by atoms with Crippen molar-refractivity contribution in [1.82, 2.24) is 0 Å². The zero-order valence-corrected chi connectivity index (χ0v) is 9.53. The van der Waals surface area contributed by atoms with Crippen molar-refractivity contribution in [3.05, 3.63) is 48.5 Å². The van der Waals surface area contributed by atoms with Gasteiger partial charge in [-0.25, -0.2) is 0 Å². The Hall–Kier alpha value is -1.96. The number of hydrogen-bond donors (Lipinski definition) is 1. The van der Waals surface area contributed by atoms with Crippen LogP contribution in [0.2, 0.25) is 0 Å². The largest absolute Gasteiger partial charge is 0.496 e. The van der Waals surface area contributed by atoms with Gasteiger partial charge in [0.05, 0.1) is 7.11 Å². The Morgan fingerprint density at radius 3 is 2.19 bits per heavy atom. The molecule has 0 saturated carbocycles. The summed E-state index contributed by atoms with van der Waals surface area (Å²) in [5, 5.41) is 3.19. The summed E-state index contributed by atoms with van der Waals surface area (Å²) in [6.45, 7) is 0. The molecule has 0 aromatic heterocycles. The average Bonchev–Trinajstić information content (AvgIpc) is 2.38. The van der Waals surface area contributed by atoms with E-state index in [1.54, 1.807) is 7.11 Å². The lowest BCUT2D eigenvalue weighted by molar-refractivity contribution is 0.416. The topological polar surface area (TPSA) is 21.3 Å². The summed E-state index contributed by atoms with van der Waals surface area (Å²) < 4.78 is 5.37. The summed E-state index contributed by atoms with van der Waals surface area (Å²) >= 11 is 0. The van der Waals surface area contributed by atoms with Crippen molar-refractivity contribution in [3.8, 4) is 16.9 Å². The van der Waals surface area contributed by atoms with E-state index in [0.717, 1.165) is 22.6 Å². The van der Waals surface area contributed by atoms with E-state index in [1.165, 1.54) is 0 Å². The molecule has 2 aromatic rings. The molecule has 2 heteroatoms. The smallest absolute Gasteiger partial charge is 0.126 e. The van der Waals surface area contributed by atoms with Gasteiger partial charge in [-0.3, -0.25) is 0 Å². The predicted molar refractivity (Wildman–Crippen MR) is 68.0 cm³/mol. The Labute approximate surface area is 95.9 Å².